The quantitative estimate of drug-likeness (QED) is 0.0603. The minimum atomic E-state index is -0.495. The molecule has 0 aliphatic rings. The maximum atomic E-state index is 12.0. The molecule has 0 spiro atoms. The van der Waals surface area contributed by atoms with Crippen LogP contribution in [0.2, 0.25) is 0 Å². The molecule has 0 radical (unpaired) electrons. The fraction of sp³-hybridized carbons (Fsp3) is 1.00. The fourth-order valence-electron chi connectivity index (χ4n) is 9.42. The van der Waals surface area contributed by atoms with Gasteiger partial charge in [-0.2, -0.15) is 0 Å². The number of aliphatic hydroxyl groups is 2. The first-order valence-electron chi connectivity index (χ1n) is 26.9. The van der Waals surface area contributed by atoms with E-state index in [1.165, 1.54) is 257 Å². The third-order valence-electron chi connectivity index (χ3n) is 13.5. The van der Waals surface area contributed by atoms with Crippen LogP contribution in [0.25, 0.3) is 0 Å². The van der Waals surface area contributed by atoms with Crippen molar-refractivity contribution in [2.45, 2.75) is 347 Å². The van der Waals surface area contributed by atoms with E-state index in [9.17, 15) is 10.2 Å². The van der Waals surface area contributed by atoms with Crippen LogP contribution in [0.5, 0.6) is 0 Å². The predicted molar refractivity (Wildman–Crippen MR) is 254 cm³/mol. The van der Waals surface area contributed by atoms with Crippen molar-refractivity contribution >= 4 is 0 Å². The van der Waals surface area contributed by atoms with Crippen molar-refractivity contribution in [1.82, 2.24) is 0 Å². The van der Waals surface area contributed by atoms with Crippen LogP contribution in [0.3, 0.4) is 0 Å². The van der Waals surface area contributed by atoms with Crippen molar-refractivity contribution in [3.8, 4) is 0 Å². The number of hydrogen-bond donors (Lipinski definition) is 2. The molecule has 0 saturated heterocycles. The topological polar surface area (TPSA) is 40.5 Å². The average molecular weight is 791 g/mol. The Kier molecular flexibility index (Phi) is 44.4. The van der Waals surface area contributed by atoms with Crippen LogP contribution < -0.4 is 0 Å². The fourth-order valence-corrected chi connectivity index (χ4v) is 9.42. The summed E-state index contributed by atoms with van der Waals surface area (Å²) in [4.78, 5) is 0. The first kappa shape index (κ1) is 55.9. The lowest BCUT2D eigenvalue weighted by atomic mass is 9.82. The van der Waals surface area contributed by atoms with Gasteiger partial charge in [0.1, 0.15) is 0 Å². The molecule has 0 aromatic carbocycles. The van der Waals surface area contributed by atoms with E-state index in [1.807, 2.05) is 0 Å². The van der Waals surface area contributed by atoms with Gasteiger partial charge in [0.2, 0.25) is 0 Å². The molecule has 2 nitrogen and oxygen atoms in total. The highest BCUT2D eigenvalue weighted by molar-refractivity contribution is 4.82. The molecule has 0 rings (SSSR count). The Labute approximate surface area is 356 Å². The van der Waals surface area contributed by atoms with Crippen molar-refractivity contribution in [2.75, 3.05) is 0 Å². The Hall–Kier alpha value is -0.0800. The largest absolute Gasteiger partial charge is 0.390 e. The molecular formula is C54H110O2. The van der Waals surface area contributed by atoms with Gasteiger partial charge in [0.05, 0.1) is 11.2 Å². The SMILES string of the molecule is CCCCCCCCCCCCC(O)(CCCCCCCCCCCC)CCCCC(O)(CCCCCCCCCCCC)CCCCCCCCCCCC. The summed E-state index contributed by atoms with van der Waals surface area (Å²) in [5, 5.41) is 24.1. The Balaban J connectivity index is 4.87. The van der Waals surface area contributed by atoms with E-state index in [2.05, 4.69) is 27.7 Å². The van der Waals surface area contributed by atoms with E-state index < -0.39 is 11.2 Å². The minimum absolute atomic E-state index is 0.495. The summed E-state index contributed by atoms with van der Waals surface area (Å²) in [7, 11) is 0. The van der Waals surface area contributed by atoms with Crippen molar-refractivity contribution in [1.29, 1.82) is 0 Å². The Morgan fingerprint density at radius 2 is 0.286 bits per heavy atom. The highest BCUT2D eigenvalue weighted by atomic mass is 16.3. The normalized spacial score (nSPS) is 12.3. The average Bonchev–Trinajstić information content (AvgIpc) is 3.19. The minimum Gasteiger partial charge on any atom is -0.390 e. The van der Waals surface area contributed by atoms with Crippen molar-refractivity contribution in [3.63, 3.8) is 0 Å². The molecule has 56 heavy (non-hydrogen) atoms. The van der Waals surface area contributed by atoms with Gasteiger partial charge in [-0.25, -0.2) is 0 Å². The number of hydrogen-bond acceptors (Lipinski definition) is 2. The maximum Gasteiger partial charge on any atom is 0.0647 e. The zero-order chi connectivity index (χ0) is 40.9. The van der Waals surface area contributed by atoms with Crippen LogP contribution in [0.1, 0.15) is 336 Å². The summed E-state index contributed by atoms with van der Waals surface area (Å²) in [5.41, 5.74) is -0.989. The van der Waals surface area contributed by atoms with Gasteiger partial charge in [0, 0.05) is 0 Å². The predicted octanol–water partition coefficient (Wildman–Crippen LogP) is 19.3. The summed E-state index contributed by atoms with van der Waals surface area (Å²) in [6, 6.07) is 0. The van der Waals surface area contributed by atoms with Gasteiger partial charge < -0.3 is 10.2 Å². The van der Waals surface area contributed by atoms with E-state index in [4.69, 9.17) is 0 Å². The molecule has 0 aromatic rings. The zero-order valence-electron chi connectivity index (χ0n) is 39.8. The van der Waals surface area contributed by atoms with Crippen molar-refractivity contribution in [3.05, 3.63) is 0 Å². The zero-order valence-corrected chi connectivity index (χ0v) is 39.8. The molecule has 2 N–H and O–H groups in total. The monoisotopic (exact) mass is 791 g/mol. The summed E-state index contributed by atoms with van der Waals surface area (Å²) < 4.78 is 0. The molecule has 0 fully saturated rings. The van der Waals surface area contributed by atoms with Gasteiger partial charge in [0.25, 0.3) is 0 Å². The molecule has 338 valence electrons. The van der Waals surface area contributed by atoms with Gasteiger partial charge >= 0.3 is 0 Å². The highest BCUT2D eigenvalue weighted by Crippen LogP contribution is 2.33. The molecule has 0 aliphatic heterocycles. The van der Waals surface area contributed by atoms with Gasteiger partial charge in [-0.1, -0.05) is 297 Å². The Morgan fingerprint density at radius 3 is 0.429 bits per heavy atom. The maximum absolute atomic E-state index is 12.0. The van der Waals surface area contributed by atoms with E-state index in [1.54, 1.807) is 0 Å². The van der Waals surface area contributed by atoms with E-state index in [0.29, 0.717) is 0 Å². The Morgan fingerprint density at radius 1 is 0.179 bits per heavy atom. The molecule has 0 heterocycles. The van der Waals surface area contributed by atoms with Gasteiger partial charge in [-0.3, -0.25) is 0 Å². The summed E-state index contributed by atoms with van der Waals surface area (Å²) in [6.07, 6.45) is 62.2. The third-order valence-corrected chi connectivity index (χ3v) is 13.5. The summed E-state index contributed by atoms with van der Waals surface area (Å²) in [5.74, 6) is 0. The lowest BCUT2D eigenvalue weighted by molar-refractivity contribution is -0.00619. The van der Waals surface area contributed by atoms with Crippen LogP contribution >= 0.6 is 0 Å². The smallest absolute Gasteiger partial charge is 0.0647 e. The van der Waals surface area contributed by atoms with Gasteiger partial charge in [-0.05, 0) is 38.5 Å². The first-order valence-corrected chi connectivity index (χ1v) is 26.9. The molecule has 0 unspecified atom stereocenters. The van der Waals surface area contributed by atoms with E-state index in [0.717, 1.165) is 51.4 Å². The second-order valence-electron chi connectivity index (χ2n) is 19.4. The summed E-state index contributed by atoms with van der Waals surface area (Å²) in [6.45, 7) is 9.21. The second-order valence-corrected chi connectivity index (χ2v) is 19.4. The molecule has 0 saturated carbocycles. The summed E-state index contributed by atoms with van der Waals surface area (Å²) >= 11 is 0. The lowest BCUT2D eigenvalue weighted by Gasteiger charge is -2.31. The third kappa shape index (κ3) is 40.7. The van der Waals surface area contributed by atoms with Crippen molar-refractivity contribution in [2.24, 2.45) is 0 Å². The van der Waals surface area contributed by atoms with Crippen LogP contribution in [0, 0.1) is 0 Å². The molecule has 0 amide bonds. The molecule has 0 atom stereocenters. The molecule has 2 heteroatoms. The number of rotatable bonds is 49. The highest BCUT2D eigenvalue weighted by Gasteiger charge is 2.28. The van der Waals surface area contributed by atoms with Gasteiger partial charge in [0.15, 0.2) is 0 Å². The molecule has 0 bridgehead atoms. The van der Waals surface area contributed by atoms with Crippen molar-refractivity contribution < 1.29 is 10.2 Å². The van der Waals surface area contributed by atoms with E-state index >= 15 is 0 Å². The van der Waals surface area contributed by atoms with Crippen LogP contribution in [0.4, 0.5) is 0 Å². The van der Waals surface area contributed by atoms with Crippen LogP contribution in [0.15, 0.2) is 0 Å². The second kappa shape index (κ2) is 44.5. The lowest BCUT2D eigenvalue weighted by Crippen LogP contribution is -2.30. The van der Waals surface area contributed by atoms with Crippen LogP contribution in [-0.4, -0.2) is 21.4 Å². The standard InChI is InChI=1S/C54H110O2/c1-5-9-13-17-21-25-29-33-37-41-47-53(55,48-42-38-34-30-26-22-18-14-10-6-2)51-45-46-52-54(56,49-43-39-35-31-27-23-19-15-11-7-3)50-44-40-36-32-28-24-20-16-12-8-4/h55-56H,5-52H2,1-4H3. The molecule has 0 aliphatic carbocycles. The first-order chi connectivity index (χ1) is 27.4. The number of unbranched alkanes of at least 4 members (excludes halogenated alkanes) is 37. The van der Waals surface area contributed by atoms with Crippen LogP contribution in [-0.2, 0) is 0 Å². The molecular weight excluding hydrogens is 681 g/mol. The Bertz CT molecular complexity index is 609. The molecule has 0 aromatic heterocycles. The van der Waals surface area contributed by atoms with E-state index in [-0.39, 0.29) is 0 Å². The van der Waals surface area contributed by atoms with Gasteiger partial charge in [-0.15, -0.1) is 0 Å².